The Morgan fingerprint density at radius 1 is 1.00 bits per heavy atom. The predicted octanol–water partition coefficient (Wildman–Crippen LogP) is 3.58. The minimum Gasteiger partial charge on any atom is -0.359 e. The van der Waals surface area contributed by atoms with Crippen LogP contribution < -0.4 is 0 Å². The van der Waals surface area contributed by atoms with E-state index in [-0.39, 0.29) is 5.60 Å². The fourth-order valence-corrected chi connectivity index (χ4v) is 2.52. The lowest BCUT2D eigenvalue weighted by Crippen LogP contribution is -2.12. The molecular formula is C16H16O. The van der Waals surface area contributed by atoms with E-state index >= 15 is 0 Å². The Balaban J connectivity index is 2.10. The zero-order valence-electron chi connectivity index (χ0n) is 10.2. The Kier molecular flexibility index (Phi) is 2.30. The quantitative estimate of drug-likeness (QED) is 0.710. The molecule has 0 saturated carbocycles. The van der Waals surface area contributed by atoms with Crippen molar-refractivity contribution in [3.63, 3.8) is 0 Å². The second-order valence-corrected chi connectivity index (χ2v) is 4.80. The lowest BCUT2D eigenvalue weighted by atomic mass is 9.88. The van der Waals surface area contributed by atoms with E-state index in [4.69, 9.17) is 4.74 Å². The van der Waals surface area contributed by atoms with Crippen molar-refractivity contribution in [2.75, 3.05) is 6.61 Å². The first-order valence-electron chi connectivity index (χ1n) is 6.00. The molecular weight excluding hydrogens is 208 g/mol. The maximum atomic E-state index is 5.79. The maximum absolute atomic E-state index is 5.79. The molecule has 86 valence electrons. The molecule has 0 radical (unpaired) electrons. The van der Waals surface area contributed by atoms with Crippen LogP contribution in [-0.2, 0) is 10.3 Å². The Bertz CT molecular complexity index is 539. The summed E-state index contributed by atoms with van der Waals surface area (Å²) < 4.78 is 5.79. The maximum Gasteiger partial charge on any atom is 0.142 e. The highest BCUT2D eigenvalue weighted by Crippen LogP contribution is 2.46. The van der Waals surface area contributed by atoms with Crippen LogP contribution in [0.15, 0.2) is 48.5 Å². The zero-order valence-corrected chi connectivity index (χ0v) is 10.2. The molecule has 1 atom stereocenters. The molecule has 1 unspecified atom stereocenters. The van der Waals surface area contributed by atoms with Crippen LogP contribution in [0.25, 0.3) is 0 Å². The fourth-order valence-electron chi connectivity index (χ4n) is 2.52. The molecule has 2 aromatic rings. The average Bonchev–Trinajstić information content (AvgIpc) is 3.11. The van der Waals surface area contributed by atoms with Crippen molar-refractivity contribution in [1.29, 1.82) is 0 Å². The number of aryl methyl sites for hydroxylation is 2. The Hall–Kier alpha value is -1.60. The van der Waals surface area contributed by atoms with Crippen LogP contribution >= 0.6 is 0 Å². The lowest BCUT2D eigenvalue weighted by molar-refractivity contribution is 0.348. The van der Waals surface area contributed by atoms with Crippen molar-refractivity contribution < 1.29 is 4.74 Å². The van der Waals surface area contributed by atoms with Crippen LogP contribution in [0.3, 0.4) is 0 Å². The third-order valence-corrected chi connectivity index (χ3v) is 3.49. The predicted molar refractivity (Wildman–Crippen MR) is 69.1 cm³/mol. The van der Waals surface area contributed by atoms with Crippen molar-refractivity contribution in [3.05, 3.63) is 70.8 Å². The third kappa shape index (κ3) is 1.67. The molecule has 2 aromatic carbocycles. The summed E-state index contributed by atoms with van der Waals surface area (Å²) in [5.74, 6) is 0. The van der Waals surface area contributed by atoms with Gasteiger partial charge in [-0.25, -0.2) is 0 Å². The first kappa shape index (κ1) is 10.5. The highest BCUT2D eigenvalue weighted by Gasteiger charge is 2.48. The van der Waals surface area contributed by atoms with Gasteiger partial charge in [-0.05, 0) is 30.5 Å². The van der Waals surface area contributed by atoms with E-state index in [1.165, 1.54) is 22.3 Å². The second kappa shape index (κ2) is 3.71. The third-order valence-electron chi connectivity index (χ3n) is 3.49. The molecule has 1 fully saturated rings. The van der Waals surface area contributed by atoms with Gasteiger partial charge in [-0.1, -0.05) is 54.1 Å². The summed E-state index contributed by atoms with van der Waals surface area (Å²) in [6, 6.07) is 17.1. The van der Waals surface area contributed by atoms with Crippen molar-refractivity contribution >= 4 is 0 Å². The van der Waals surface area contributed by atoms with E-state index in [0.29, 0.717) is 0 Å². The van der Waals surface area contributed by atoms with Crippen molar-refractivity contribution in [1.82, 2.24) is 0 Å². The van der Waals surface area contributed by atoms with Gasteiger partial charge in [-0.3, -0.25) is 0 Å². The van der Waals surface area contributed by atoms with Gasteiger partial charge in [0.2, 0.25) is 0 Å². The summed E-state index contributed by atoms with van der Waals surface area (Å²) in [5.41, 5.74) is 4.99. The number of benzene rings is 2. The molecule has 0 aromatic heterocycles. The summed E-state index contributed by atoms with van der Waals surface area (Å²) in [6.07, 6.45) is 0. The highest BCUT2D eigenvalue weighted by molar-refractivity contribution is 5.45. The number of epoxide rings is 1. The van der Waals surface area contributed by atoms with Crippen LogP contribution in [0.4, 0.5) is 0 Å². The van der Waals surface area contributed by atoms with E-state index in [0.717, 1.165) is 6.61 Å². The van der Waals surface area contributed by atoms with Crippen LogP contribution in [-0.4, -0.2) is 6.61 Å². The molecule has 0 aliphatic carbocycles. The van der Waals surface area contributed by atoms with E-state index in [2.05, 4.69) is 56.3 Å². The SMILES string of the molecule is Cc1ccc(C2(c3ccccc3)CO2)c(C)c1. The smallest absolute Gasteiger partial charge is 0.142 e. The molecule has 1 heteroatoms. The Morgan fingerprint density at radius 3 is 2.29 bits per heavy atom. The number of hydrogen-bond acceptors (Lipinski definition) is 1. The largest absolute Gasteiger partial charge is 0.359 e. The van der Waals surface area contributed by atoms with Crippen molar-refractivity contribution in [2.45, 2.75) is 19.4 Å². The topological polar surface area (TPSA) is 12.5 Å². The Morgan fingerprint density at radius 2 is 1.71 bits per heavy atom. The number of rotatable bonds is 2. The van der Waals surface area contributed by atoms with Crippen LogP contribution in [0, 0.1) is 13.8 Å². The molecule has 3 rings (SSSR count). The van der Waals surface area contributed by atoms with Gasteiger partial charge in [-0.15, -0.1) is 0 Å². The molecule has 0 amide bonds. The monoisotopic (exact) mass is 224 g/mol. The van der Waals surface area contributed by atoms with Gasteiger partial charge < -0.3 is 4.74 Å². The second-order valence-electron chi connectivity index (χ2n) is 4.80. The van der Waals surface area contributed by atoms with Gasteiger partial charge in [-0.2, -0.15) is 0 Å². The van der Waals surface area contributed by atoms with Gasteiger partial charge in [0.25, 0.3) is 0 Å². The van der Waals surface area contributed by atoms with Crippen LogP contribution in [0.2, 0.25) is 0 Å². The van der Waals surface area contributed by atoms with Crippen molar-refractivity contribution in [3.8, 4) is 0 Å². The van der Waals surface area contributed by atoms with Gasteiger partial charge in [0.05, 0.1) is 6.61 Å². The van der Waals surface area contributed by atoms with Gasteiger partial charge in [0.15, 0.2) is 0 Å². The molecule has 1 saturated heterocycles. The Labute approximate surface area is 102 Å². The summed E-state index contributed by atoms with van der Waals surface area (Å²) in [4.78, 5) is 0. The summed E-state index contributed by atoms with van der Waals surface area (Å²) >= 11 is 0. The van der Waals surface area contributed by atoms with Gasteiger partial charge >= 0.3 is 0 Å². The van der Waals surface area contributed by atoms with Gasteiger partial charge in [0, 0.05) is 0 Å². The molecule has 17 heavy (non-hydrogen) atoms. The standard InChI is InChI=1S/C16H16O/c1-12-8-9-15(13(2)10-12)16(11-17-16)14-6-4-3-5-7-14/h3-10H,11H2,1-2H3. The molecule has 1 nitrogen and oxygen atoms in total. The van der Waals surface area contributed by atoms with E-state index in [1.807, 2.05) is 6.07 Å². The summed E-state index contributed by atoms with van der Waals surface area (Å²) in [5, 5.41) is 0. The van der Waals surface area contributed by atoms with Crippen molar-refractivity contribution in [2.24, 2.45) is 0 Å². The van der Waals surface area contributed by atoms with Gasteiger partial charge in [0.1, 0.15) is 5.60 Å². The average molecular weight is 224 g/mol. The highest BCUT2D eigenvalue weighted by atomic mass is 16.6. The fraction of sp³-hybridized carbons (Fsp3) is 0.250. The lowest BCUT2D eigenvalue weighted by Gasteiger charge is -2.16. The molecule has 1 aliphatic rings. The molecule has 0 bridgehead atoms. The number of ether oxygens (including phenoxy) is 1. The molecule has 1 heterocycles. The first-order valence-corrected chi connectivity index (χ1v) is 6.00. The normalized spacial score (nSPS) is 22.5. The van der Waals surface area contributed by atoms with E-state index in [9.17, 15) is 0 Å². The minimum atomic E-state index is -0.182. The summed E-state index contributed by atoms with van der Waals surface area (Å²) in [6.45, 7) is 5.08. The number of hydrogen-bond donors (Lipinski definition) is 0. The van der Waals surface area contributed by atoms with Crippen LogP contribution in [0.5, 0.6) is 0 Å². The molecule has 1 aliphatic heterocycles. The van der Waals surface area contributed by atoms with E-state index in [1.54, 1.807) is 0 Å². The minimum absolute atomic E-state index is 0.182. The summed E-state index contributed by atoms with van der Waals surface area (Å²) in [7, 11) is 0. The molecule has 0 N–H and O–H groups in total. The van der Waals surface area contributed by atoms with Crippen LogP contribution in [0.1, 0.15) is 22.3 Å². The van der Waals surface area contributed by atoms with E-state index < -0.39 is 0 Å². The zero-order chi connectivity index (χ0) is 11.9. The molecule has 0 spiro atoms. The first-order chi connectivity index (χ1) is 8.22.